The van der Waals surface area contributed by atoms with Gasteiger partial charge in [-0.15, -0.1) is 0 Å². The summed E-state index contributed by atoms with van der Waals surface area (Å²) in [6, 6.07) is 18.9. The Morgan fingerprint density at radius 1 is 0.700 bits per heavy atom. The molecule has 162 valence electrons. The average Bonchev–Trinajstić information content (AvgIpc) is 2.74. The second-order valence-corrected chi connectivity index (χ2v) is 6.92. The van der Waals surface area contributed by atoms with Crippen molar-refractivity contribution in [1.29, 1.82) is 0 Å². The van der Waals surface area contributed by atoms with E-state index in [0.29, 0.717) is 25.7 Å². The van der Waals surface area contributed by atoms with E-state index in [0.717, 1.165) is 11.1 Å². The molecule has 4 atom stereocenters. The van der Waals surface area contributed by atoms with Gasteiger partial charge in [-0.1, -0.05) is 60.7 Å². The van der Waals surface area contributed by atoms with Crippen molar-refractivity contribution < 1.29 is 29.3 Å². The van der Waals surface area contributed by atoms with Gasteiger partial charge in [-0.2, -0.15) is 0 Å². The minimum atomic E-state index is -1.78. The molecule has 0 fully saturated rings. The maximum atomic E-state index is 11.7. The Morgan fingerprint density at radius 2 is 1.03 bits per heavy atom. The minimum Gasteiger partial charge on any atom is -0.479 e. The summed E-state index contributed by atoms with van der Waals surface area (Å²) in [5, 5.41) is 19.0. The van der Waals surface area contributed by atoms with Gasteiger partial charge in [-0.05, 0) is 36.8 Å². The fraction of sp³-hybridized carbons (Fsp3) is 0.364. The molecule has 2 aromatic rings. The lowest BCUT2D eigenvalue weighted by Gasteiger charge is -2.26. The monoisotopic (exact) mass is 416 g/mol. The first-order chi connectivity index (χ1) is 14.4. The molecule has 0 spiro atoms. The molecule has 6 N–H and O–H groups in total. The Hall–Kier alpha value is -2.78. The first kappa shape index (κ1) is 23.5. The van der Waals surface area contributed by atoms with Gasteiger partial charge in [0.05, 0.1) is 0 Å². The van der Waals surface area contributed by atoms with Crippen LogP contribution in [0.1, 0.15) is 24.0 Å². The van der Waals surface area contributed by atoms with E-state index in [-0.39, 0.29) is 0 Å². The fourth-order valence-electron chi connectivity index (χ4n) is 2.94. The van der Waals surface area contributed by atoms with E-state index >= 15 is 0 Å². The number of ether oxygens (including phenoxy) is 2. The molecule has 0 radical (unpaired) electrons. The van der Waals surface area contributed by atoms with Crippen LogP contribution in [0.2, 0.25) is 0 Å². The van der Waals surface area contributed by atoms with Crippen LogP contribution >= 0.6 is 0 Å². The van der Waals surface area contributed by atoms with Gasteiger partial charge in [-0.3, -0.25) is 0 Å². The highest BCUT2D eigenvalue weighted by Crippen LogP contribution is 2.14. The molecule has 2 rings (SSSR count). The summed E-state index contributed by atoms with van der Waals surface area (Å²) in [5.74, 6) is -2.96. The molecule has 2 aromatic carbocycles. The topological polar surface area (TPSA) is 145 Å². The Kier molecular flexibility index (Phi) is 9.43. The number of carbonyl (C=O) groups is 2. The third kappa shape index (κ3) is 7.92. The molecule has 30 heavy (non-hydrogen) atoms. The number of carboxylic acids is 2. The SMILES string of the molecule is NC(CCc1ccccc1)OC(C(=O)O)C(OC(N)CCc1ccccc1)C(=O)O. The second kappa shape index (κ2) is 12.0. The van der Waals surface area contributed by atoms with Gasteiger partial charge in [0.2, 0.25) is 0 Å². The number of hydrogen-bond donors (Lipinski definition) is 4. The van der Waals surface area contributed by atoms with Crippen LogP contribution < -0.4 is 11.5 Å². The van der Waals surface area contributed by atoms with E-state index in [1.807, 2.05) is 60.7 Å². The highest BCUT2D eigenvalue weighted by Gasteiger charge is 2.38. The zero-order chi connectivity index (χ0) is 21.9. The Bertz CT molecular complexity index is 719. The standard InChI is InChI=1S/C22H28N2O6/c23-17(13-11-15-7-3-1-4-8-15)29-19(21(25)26)20(22(27)28)30-18(24)14-12-16-9-5-2-6-10-16/h1-10,17-20H,11-14,23-24H2,(H,25,26)(H,27,28). The maximum Gasteiger partial charge on any atom is 0.336 e. The molecule has 0 heterocycles. The maximum absolute atomic E-state index is 11.7. The number of nitrogens with two attached hydrogens (primary N) is 2. The summed E-state index contributed by atoms with van der Waals surface area (Å²) < 4.78 is 10.7. The van der Waals surface area contributed by atoms with Crippen LogP contribution in [0, 0.1) is 0 Å². The number of aryl methyl sites for hydroxylation is 2. The quantitative estimate of drug-likeness (QED) is 0.361. The lowest BCUT2D eigenvalue weighted by Crippen LogP contribution is -2.49. The van der Waals surface area contributed by atoms with Crippen LogP contribution in [0.3, 0.4) is 0 Å². The molecular weight excluding hydrogens is 388 g/mol. The first-order valence-electron chi connectivity index (χ1n) is 9.72. The summed E-state index contributed by atoms with van der Waals surface area (Å²) in [5.41, 5.74) is 13.8. The van der Waals surface area contributed by atoms with Crippen molar-refractivity contribution in [3.8, 4) is 0 Å². The molecule has 0 aliphatic heterocycles. The summed E-state index contributed by atoms with van der Waals surface area (Å²) in [7, 11) is 0. The molecule has 0 amide bonds. The Labute approximate surface area is 175 Å². The summed E-state index contributed by atoms with van der Waals surface area (Å²) >= 11 is 0. The van der Waals surface area contributed by atoms with E-state index in [4.69, 9.17) is 20.9 Å². The molecule has 8 heteroatoms. The molecule has 0 aliphatic carbocycles. The zero-order valence-electron chi connectivity index (χ0n) is 16.6. The fourth-order valence-corrected chi connectivity index (χ4v) is 2.94. The van der Waals surface area contributed by atoms with Gasteiger partial charge in [0.15, 0.2) is 12.2 Å². The van der Waals surface area contributed by atoms with E-state index in [2.05, 4.69) is 0 Å². The molecule has 4 unspecified atom stereocenters. The highest BCUT2D eigenvalue weighted by atomic mass is 16.6. The number of hydrogen-bond acceptors (Lipinski definition) is 6. The van der Waals surface area contributed by atoms with Crippen molar-refractivity contribution in [2.75, 3.05) is 0 Å². The summed E-state index contributed by atoms with van der Waals surface area (Å²) in [6.45, 7) is 0. The average molecular weight is 416 g/mol. The number of rotatable bonds is 13. The van der Waals surface area contributed by atoms with Crippen molar-refractivity contribution in [2.45, 2.75) is 50.3 Å². The normalized spacial score (nSPS) is 15.1. The molecule has 8 nitrogen and oxygen atoms in total. The third-order valence-electron chi connectivity index (χ3n) is 4.53. The van der Waals surface area contributed by atoms with Crippen molar-refractivity contribution in [1.82, 2.24) is 0 Å². The summed E-state index contributed by atoms with van der Waals surface area (Å²) in [6.07, 6.45) is -3.75. The number of benzene rings is 2. The van der Waals surface area contributed by atoms with Crippen LogP contribution in [0.5, 0.6) is 0 Å². The Morgan fingerprint density at radius 3 is 1.33 bits per heavy atom. The first-order valence-corrected chi connectivity index (χ1v) is 9.72. The molecule has 0 bridgehead atoms. The predicted molar refractivity (Wildman–Crippen MR) is 110 cm³/mol. The molecule has 0 aromatic heterocycles. The van der Waals surface area contributed by atoms with Crippen LogP contribution in [-0.2, 0) is 31.9 Å². The van der Waals surface area contributed by atoms with Gasteiger partial charge in [0, 0.05) is 0 Å². The van der Waals surface area contributed by atoms with Crippen molar-refractivity contribution in [2.24, 2.45) is 11.5 Å². The molecule has 0 aliphatic rings. The van der Waals surface area contributed by atoms with Gasteiger partial charge in [0.25, 0.3) is 0 Å². The summed E-state index contributed by atoms with van der Waals surface area (Å²) in [4.78, 5) is 23.3. The van der Waals surface area contributed by atoms with E-state index in [1.165, 1.54) is 0 Å². The van der Waals surface area contributed by atoms with E-state index in [1.54, 1.807) is 0 Å². The van der Waals surface area contributed by atoms with Gasteiger partial charge < -0.3 is 31.2 Å². The van der Waals surface area contributed by atoms with Crippen molar-refractivity contribution >= 4 is 11.9 Å². The third-order valence-corrected chi connectivity index (χ3v) is 4.53. The zero-order valence-corrected chi connectivity index (χ0v) is 16.6. The molecule has 0 saturated carbocycles. The predicted octanol–water partition coefficient (Wildman–Crippen LogP) is 1.76. The van der Waals surface area contributed by atoms with Gasteiger partial charge in [0.1, 0.15) is 12.5 Å². The smallest absolute Gasteiger partial charge is 0.336 e. The van der Waals surface area contributed by atoms with Gasteiger partial charge in [-0.25, -0.2) is 9.59 Å². The number of carboxylic acid groups (broad SMARTS) is 2. The minimum absolute atomic E-state index is 0.320. The Balaban J connectivity index is 1.93. The van der Waals surface area contributed by atoms with Crippen LogP contribution in [0.15, 0.2) is 60.7 Å². The van der Waals surface area contributed by atoms with Crippen LogP contribution in [-0.4, -0.2) is 46.8 Å². The van der Waals surface area contributed by atoms with Gasteiger partial charge >= 0.3 is 11.9 Å². The second-order valence-electron chi connectivity index (χ2n) is 6.92. The van der Waals surface area contributed by atoms with E-state index in [9.17, 15) is 19.8 Å². The largest absolute Gasteiger partial charge is 0.479 e. The van der Waals surface area contributed by atoms with Crippen molar-refractivity contribution in [3.63, 3.8) is 0 Å². The van der Waals surface area contributed by atoms with E-state index < -0.39 is 36.6 Å². The molecule has 0 saturated heterocycles. The lowest BCUT2D eigenvalue weighted by molar-refractivity contribution is -0.187. The number of aliphatic carboxylic acids is 2. The van der Waals surface area contributed by atoms with Crippen LogP contribution in [0.4, 0.5) is 0 Å². The lowest BCUT2D eigenvalue weighted by atomic mass is 10.1. The van der Waals surface area contributed by atoms with Crippen molar-refractivity contribution in [3.05, 3.63) is 71.8 Å². The highest BCUT2D eigenvalue weighted by molar-refractivity contribution is 5.83. The molecular formula is C22H28N2O6. The van der Waals surface area contributed by atoms with Crippen LogP contribution in [0.25, 0.3) is 0 Å².